The van der Waals surface area contributed by atoms with Gasteiger partial charge in [0.2, 0.25) is 0 Å². The van der Waals surface area contributed by atoms with Crippen molar-refractivity contribution in [1.29, 1.82) is 0 Å². The van der Waals surface area contributed by atoms with Gasteiger partial charge in [-0.05, 0) is 37.0 Å². The largest absolute Gasteiger partial charge is 0.205 e. The van der Waals surface area contributed by atoms with E-state index in [4.69, 9.17) is 11.6 Å². The molecule has 0 saturated heterocycles. The van der Waals surface area contributed by atoms with Gasteiger partial charge < -0.3 is 0 Å². The molecular weight excluding hydrogens is 175 g/mol. The van der Waals surface area contributed by atoms with Gasteiger partial charge in [0.05, 0.1) is 5.02 Å². The van der Waals surface area contributed by atoms with Gasteiger partial charge in [0.15, 0.2) is 0 Å². The molecule has 0 bridgehead atoms. The van der Waals surface area contributed by atoms with E-state index in [2.05, 4.69) is 0 Å². The Balaban J connectivity index is 3.39. The van der Waals surface area contributed by atoms with E-state index in [1.807, 2.05) is 19.9 Å². The van der Waals surface area contributed by atoms with Gasteiger partial charge in [0.1, 0.15) is 5.82 Å². The molecular formula is C10H12ClF. The Bertz CT molecular complexity index is 305. The van der Waals surface area contributed by atoms with Gasteiger partial charge >= 0.3 is 0 Å². The molecule has 0 aliphatic heterocycles. The minimum Gasteiger partial charge on any atom is -0.205 e. The lowest BCUT2D eigenvalue weighted by Crippen LogP contribution is -1.94. The maximum Gasteiger partial charge on any atom is 0.145 e. The first-order valence-corrected chi connectivity index (χ1v) is 4.39. The summed E-state index contributed by atoms with van der Waals surface area (Å²) in [5.74, 6) is -0.270. The monoisotopic (exact) mass is 186 g/mol. The second-order valence-corrected chi connectivity index (χ2v) is 3.34. The Morgan fingerprint density at radius 1 is 1.42 bits per heavy atom. The van der Waals surface area contributed by atoms with E-state index in [0.29, 0.717) is 5.56 Å². The second-order valence-electron chi connectivity index (χ2n) is 2.96. The zero-order valence-electron chi connectivity index (χ0n) is 7.54. The van der Waals surface area contributed by atoms with Crippen LogP contribution in [0.5, 0.6) is 0 Å². The Morgan fingerprint density at radius 3 is 2.50 bits per heavy atom. The van der Waals surface area contributed by atoms with Crippen molar-refractivity contribution in [2.45, 2.75) is 27.2 Å². The number of halogens is 2. The topological polar surface area (TPSA) is 0 Å². The lowest BCUT2D eigenvalue weighted by atomic mass is 10.0. The third-order valence-electron chi connectivity index (χ3n) is 2.12. The van der Waals surface area contributed by atoms with Crippen LogP contribution in [0, 0.1) is 19.7 Å². The summed E-state index contributed by atoms with van der Waals surface area (Å²) in [7, 11) is 0. The van der Waals surface area contributed by atoms with Gasteiger partial charge in [0, 0.05) is 0 Å². The molecule has 0 radical (unpaired) electrons. The maximum absolute atomic E-state index is 13.3. The number of hydrogen-bond acceptors (Lipinski definition) is 0. The van der Waals surface area contributed by atoms with Crippen LogP contribution in [0.15, 0.2) is 6.07 Å². The van der Waals surface area contributed by atoms with Crippen LogP contribution < -0.4 is 0 Å². The minimum atomic E-state index is -0.270. The summed E-state index contributed by atoms with van der Waals surface area (Å²) >= 11 is 5.74. The van der Waals surface area contributed by atoms with Crippen LogP contribution in [0.4, 0.5) is 4.39 Å². The smallest absolute Gasteiger partial charge is 0.145 e. The summed E-state index contributed by atoms with van der Waals surface area (Å²) in [6.45, 7) is 5.60. The van der Waals surface area contributed by atoms with Gasteiger partial charge in [-0.25, -0.2) is 4.39 Å². The SMILES string of the molecule is CCc1cc(C)c(Cl)c(F)c1C. The first-order chi connectivity index (χ1) is 5.57. The summed E-state index contributed by atoms with van der Waals surface area (Å²) < 4.78 is 13.3. The zero-order chi connectivity index (χ0) is 9.30. The molecule has 0 aromatic heterocycles. The van der Waals surface area contributed by atoms with Gasteiger partial charge in [-0.2, -0.15) is 0 Å². The Hall–Kier alpha value is -0.560. The van der Waals surface area contributed by atoms with E-state index in [-0.39, 0.29) is 10.8 Å². The maximum atomic E-state index is 13.3. The van der Waals surface area contributed by atoms with Crippen LogP contribution >= 0.6 is 11.6 Å². The summed E-state index contributed by atoms with van der Waals surface area (Å²) in [6, 6.07) is 1.95. The lowest BCUT2D eigenvalue weighted by Gasteiger charge is -2.08. The predicted octanol–water partition coefficient (Wildman–Crippen LogP) is 3.66. The van der Waals surface area contributed by atoms with Crippen molar-refractivity contribution in [1.82, 2.24) is 0 Å². The highest BCUT2D eigenvalue weighted by Crippen LogP contribution is 2.25. The van der Waals surface area contributed by atoms with Crippen LogP contribution in [0.2, 0.25) is 5.02 Å². The molecule has 1 rings (SSSR count). The van der Waals surface area contributed by atoms with Crippen molar-refractivity contribution in [2.24, 2.45) is 0 Å². The minimum absolute atomic E-state index is 0.254. The zero-order valence-corrected chi connectivity index (χ0v) is 8.30. The van der Waals surface area contributed by atoms with Crippen LogP contribution in [-0.4, -0.2) is 0 Å². The van der Waals surface area contributed by atoms with E-state index in [0.717, 1.165) is 17.5 Å². The fraction of sp³-hybridized carbons (Fsp3) is 0.400. The highest BCUT2D eigenvalue weighted by Gasteiger charge is 2.09. The molecule has 0 aliphatic rings. The number of rotatable bonds is 1. The molecule has 0 heterocycles. The van der Waals surface area contributed by atoms with Crippen LogP contribution in [0.1, 0.15) is 23.6 Å². The fourth-order valence-electron chi connectivity index (χ4n) is 1.28. The van der Waals surface area contributed by atoms with Crippen molar-refractivity contribution in [2.75, 3.05) is 0 Å². The summed E-state index contributed by atoms with van der Waals surface area (Å²) in [5, 5.41) is 0.254. The molecule has 0 unspecified atom stereocenters. The van der Waals surface area contributed by atoms with E-state index < -0.39 is 0 Å². The molecule has 0 fully saturated rings. The Morgan fingerprint density at radius 2 is 2.00 bits per heavy atom. The third-order valence-corrected chi connectivity index (χ3v) is 2.59. The highest BCUT2D eigenvalue weighted by atomic mass is 35.5. The van der Waals surface area contributed by atoms with Crippen LogP contribution in [-0.2, 0) is 6.42 Å². The number of benzene rings is 1. The number of hydrogen-bond donors (Lipinski definition) is 0. The first-order valence-electron chi connectivity index (χ1n) is 4.02. The fourth-order valence-corrected chi connectivity index (χ4v) is 1.48. The Labute approximate surface area is 77.4 Å². The Kier molecular flexibility index (Phi) is 2.73. The van der Waals surface area contributed by atoms with Crippen LogP contribution in [0.25, 0.3) is 0 Å². The molecule has 0 atom stereocenters. The molecule has 12 heavy (non-hydrogen) atoms. The molecule has 1 aromatic carbocycles. The molecule has 0 nitrogen and oxygen atoms in total. The summed E-state index contributed by atoms with van der Waals surface area (Å²) in [4.78, 5) is 0. The molecule has 0 spiro atoms. The molecule has 2 heteroatoms. The molecule has 0 N–H and O–H groups in total. The van der Waals surface area contributed by atoms with E-state index in [9.17, 15) is 4.39 Å². The normalized spacial score (nSPS) is 10.4. The quantitative estimate of drug-likeness (QED) is 0.628. The van der Waals surface area contributed by atoms with Crippen molar-refractivity contribution in [3.63, 3.8) is 0 Å². The van der Waals surface area contributed by atoms with Crippen molar-refractivity contribution in [3.8, 4) is 0 Å². The third kappa shape index (κ3) is 1.46. The van der Waals surface area contributed by atoms with Gasteiger partial charge in [0.25, 0.3) is 0 Å². The first kappa shape index (κ1) is 9.53. The summed E-state index contributed by atoms with van der Waals surface area (Å²) in [6.07, 6.45) is 0.848. The number of aryl methyl sites for hydroxylation is 2. The average molecular weight is 187 g/mol. The lowest BCUT2D eigenvalue weighted by molar-refractivity contribution is 0.615. The molecule has 1 aromatic rings. The van der Waals surface area contributed by atoms with Crippen molar-refractivity contribution < 1.29 is 4.39 Å². The van der Waals surface area contributed by atoms with Crippen LogP contribution in [0.3, 0.4) is 0 Å². The molecule has 0 amide bonds. The van der Waals surface area contributed by atoms with E-state index in [1.165, 1.54) is 0 Å². The predicted molar refractivity (Wildman–Crippen MR) is 50.3 cm³/mol. The summed E-state index contributed by atoms with van der Waals surface area (Å²) in [5.41, 5.74) is 2.53. The van der Waals surface area contributed by atoms with Crippen molar-refractivity contribution in [3.05, 3.63) is 33.6 Å². The molecule has 0 aliphatic carbocycles. The van der Waals surface area contributed by atoms with Crippen molar-refractivity contribution >= 4 is 11.6 Å². The van der Waals surface area contributed by atoms with Gasteiger partial charge in [-0.15, -0.1) is 0 Å². The van der Waals surface area contributed by atoms with E-state index >= 15 is 0 Å². The molecule has 0 saturated carbocycles. The average Bonchev–Trinajstić information content (AvgIpc) is 2.08. The second kappa shape index (κ2) is 3.44. The standard InChI is InChI=1S/C10H12ClF/c1-4-8-5-6(2)9(11)10(12)7(8)3/h5H,4H2,1-3H3. The highest BCUT2D eigenvalue weighted by molar-refractivity contribution is 6.31. The van der Waals surface area contributed by atoms with Gasteiger partial charge in [-0.1, -0.05) is 24.6 Å². The molecule has 66 valence electrons. The van der Waals surface area contributed by atoms with E-state index in [1.54, 1.807) is 6.92 Å². The van der Waals surface area contributed by atoms with Gasteiger partial charge in [-0.3, -0.25) is 0 Å².